The number of ether oxygens (including phenoxy) is 1. The molecule has 0 bridgehead atoms. The molecule has 1 N–H and O–H groups in total. The van der Waals surface area contributed by atoms with Gasteiger partial charge in [0.05, 0.1) is 6.54 Å². The number of fused-ring (bicyclic) bond motifs is 1. The van der Waals surface area contributed by atoms with E-state index >= 15 is 0 Å². The first-order valence-corrected chi connectivity index (χ1v) is 7.29. The largest absolute Gasteiger partial charge is 0.488 e. The molecule has 1 aliphatic rings. The van der Waals surface area contributed by atoms with Crippen LogP contribution in [0, 0.1) is 0 Å². The van der Waals surface area contributed by atoms with E-state index in [1.54, 1.807) is 18.3 Å². The van der Waals surface area contributed by atoms with Crippen molar-refractivity contribution in [3.63, 3.8) is 0 Å². The van der Waals surface area contributed by atoms with Gasteiger partial charge in [-0.1, -0.05) is 18.2 Å². The van der Waals surface area contributed by atoms with E-state index < -0.39 is 0 Å². The normalized spacial score (nSPS) is 15.8. The lowest BCUT2D eigenvalue weighted by atomic mass is 10.1. The molecule has 1 aromatic carbocycles. The summed E-state index contributed by atoms with van der Waals surface area (Å²) in [5, 5.41) is 2.93. The van der Waals surface area contributed by atoms with E-state index in [0.29, 0.717) is 12.1 Å². The van der Waals surface area contributed by atoms with Crippen LogP contribution in [0.1, 0.15) is 15.9 Å². The molecule has 0 saturated carbocycles. The highest BCUT2D eigenvalue weighted by Gasteiger charge is 2.22. The first-order chi connectivity index (χ1) is 10.6. The zero-order chi connectivity index (χ0) is 15.5. The molecule has 1 aliphatic heterocycles. The van der Waals surface area contributed by atoms with Crippen molar-refractivity contribution in [1.82, 2.24) is 10.3 Å². The maximum Gasteiger partial charge on any atom is 0.251 e. The van der Waals surface area contributed by atoms with Crippen LogP contribution in [-0.2, 0) is 6.42 Å². The van der Waals surface area contributed by atoms with Gasteiger partial charge in [0, 0.05) is 32.3 Å². The lowest BCUT2D eigenvalue weighted by molar-refractivity contribution is 0.0933. The summed E-state index contributed by atoms with van der Waals surface area (Å²) in [6.07, 6.45) is 2.47. The van der Waals surface area contributed by atoms with Crippen molar-refractivity contribution in [2.45, 2.75) is 12.5 Å². The number of anilines is 1. The third-order valence-electron chi connectivity index (χ3n) is 3.67. The van der Waals surface area contributed by atoms with E-state index in [1.165, 1.54) is 5.56 Å². The van der Waals surface area contributed by atoms with Gasteiger partial charge in [-0.3, -0.25) is 4.79 Å². The maximum absolute atomic E-state index is 12.2. The third kappa shape index (κ3) is 3.03. The number of nitrogens with one attached hydrogen (secondary N) is 1. The molecule has 114 valence electrons. The summed E-state index contributed by atoms with van der Waals surface area (Å²) in [4.78, 5) is 18.3. The zero-order valence-electron chi connectivity index (χ0n) is 12.7. The molecule has 1 aromatic heterocycles. The summed E-state index contributed by atoms with van der Waals surface area (Å²) in [5.41, 5.74) is 1.80. The number of pyridine rings is 1. The van der Waals surface area contributed by atoms with Gasteiger partial charge < -0.3 is 15.0 Å². The van der Waals surface area contributed by atoms with Gasteiger partial charge in [-0.2, -0.15) is 0 Å². The van der Waals surface area contributed by atoms with Crippen molar-refractivity contribution in [2.75, 3.05) is 25.5 Å². The van der Waals surface area contributed by atoms with E-state index in [1.807, 2.05) is 37.2 Å². The minimum absolute atomic E-state index is 0.00323. The number of benzene rings is 1. The van der Waals surface area contributed by atoms with Crippen molar-refractivity contribution in [2.24, 2.45) is 0 Å². The molecule has 2 aromatic rings. The lowest BCUT2D eigenvalue weighted by Gasteiger charge is -2.14. The van der Waals surface area contributed by atoms with Gasteiger partial charge in [-0.25, -0.2) is 4.98 Å². The minimum atomic E-state index is -0.106. The van der Waals surface area contributed by atoms with Crippen LogP contribution in [0.15, 0.2) is 42.6 Å². The van der Waals surface area contributed by atoms with Gasteiger partial charge in [0.25, 0.3) is 5.91 Å². The number of hydrogen-bond acceptors (Lipinski definition) is 4. The Bertz CT molecular complexity index is 660. The summed E-state index contributed by atoms with van der Waals surface area (Å²) < 4.78 is 5.82. The maximum atomic E-state index is 12.2. The number of nitrogens with zero attached hydrogens (tertiary/aromatic N) is 2. The fourth-order valence-corrected chi connectivity index (χ4v) is 2.48. The predicted octanol–water partition coefficient (Wildman–Crippen LogP) is 1.88. The molecule has 3 rings (SSSR count). The zero-order valence-corrected chi connectivity index (χ0v) is 12.7. The summed E-state index contributed by atoms with van der Waals surface area (Å²) in [6, 6.07) is 11.5. The highest BCUT2D eigenvalue weighted by atomic mass is 16.5. The van der Waals surface area contributed by atoms with E-state index in [4.69, 9.17) is 4.74 Å². The fraction of sp³-hybridized carbons (Fsp3) is 0.294. The van der Waals surface area contributed by atoms with Crippen LogP contribution in [0.4, 0.5) is 5.82 Å². The monoisotopic (exact) mass is 297 g/mol. The van der Waals surface area contributed by atoms with Crippen molar-refractivity contribution in [3.8, 4) is 5.75 Å². The van der Waals surface area contributed by atoms with Crippen LogP contribution >= 0.6 is 0 Å². The van der Waals surface area contributed by atoms with Gasteiger partial charge in [-0.15, -0.1) is 0 Å². The Hall–Kier alpha value is -2.56. The number of aromatic nitrogens is 1. The Balaban J connectivity index is 1.59. The second-order valence-corrected chi connectivity index (χ2v) is 5.56. The Kier molecular flexibility index (Phi) is 3.96. The van der Waals surface area contributed by atoms with Crippen LogP contribution in [0.3, 0.4) is 0 Å². The van der Waals surface area contributed by atoms with Gasteiger partial charge in [0.1, 0.15) is 17.7 Å². The molecule has 0 saturated heterocycles. The van der Waals surface area contributed by atoms with E-state index in [-0.39, 0.29) is 12.0 Å². The second-order valence-electron chi connectivity index (χ2n) is 5.56. The summed E-state index contributed by atoms with van der Waals surface area (Å²) in [5.74, 6) is 1.57. The lowest BCUT2D eigenvalue weighted by Crippen LogP contribution is -2.34. The molecule has 0 fully saturated rings. The molecule has 1 amide bonds. The molecule has 5 nitrogen and oxygen atoms in total. The van der Waals surface area contributed by atoms with Gasteiger partial charge >= 0.3 is 0 Å². The van der Waals surface area contributed by atoms with Crippen LogP contribution in [-0.4, -0.2) is 37.6 Å². The molecular formula is C17H19N3O2. The first-order valence-electron chi connectivity index (χ1n) is 7.29. The van der Waals surface area contributed by atoms with E-state index in [0.717, 1.165) is 18.0 Å². The van der Waals surface area contributed by atoms with Crippen molar-refractivity contribution in [3.05, 3.63) is 53.7 Å². The Morgan fingerprint density at radius 3 is 2.95 bits per heavy atom. The van der Waals surface area contributed by atoms with Crippen LogP contribution in [0.2, 0.25) is 0 Å². The standard InChI is InChI=1S/C17H19N3O2/c1-20(2)16-10-13(7-8-18-16)17(21)19-11-14-9-12-5-3-4-6-15(12)22-14/h3-8,10,14H,9,11H2,1-2H3,(H,19,21)/t14-/m1/s1. The van der Waals surface area contributed by atoms with Gasteiger partial charge in [0.15, 0.2) is 0 Å². The smallest absolute Gasteiger partial charge is 0.251 e. The molecule has 5 heteroatoms. The predicted molar refractivity (Wildman–Crippen MR) is 85.5 cm³/mol. The van der Waals surface area contributed by atoms with Crippen molar-refractivity contribution in [1.29, 1.82) is 0 Å². The Morgan fingerprint density at radius 1 is 1.36 bits per heavy atom. The second kappa shape index (κ2) is 6.05. The highest BCUT2D eigenvalue weighted by Crippen LogP contribution is 2.27. The molecule has 2 heterocycles. The van der Waals surface area contributed by atoms with Crippen LogP contribution in [0.25, 0.3) is 0 Å². The number of carbonyl (C=O) groups excluding carboxylic acids is 1. The summed E-state index contributed by atoms with van der Waals surface area (Å²) >= 11 is 0. The molecule has 0 unspecified atom stereocenters. The number of amides is 1. The molecule has 22 heavy (non-hydrogen) atoms. The van der Waals surface area contributed by atoms with Crippen LogP contribution in [0.5, 0.6) is 5.75 Å². The van der Waals surface area contributed by atoms with Gasteiger partial charge in [-0.05, 0) is 23.8 Å². The average molecular weight is 297 g/mol. The minimum Gasteiger partial charge on any atom is -0.488 e. The molecule has 0 aliphatic carbocycles. The Labute approximate surface area is 129 Å². The first kappa shape index (κ1) is 14.4. The molecule has 1 atom stereocenters. The molecular weight excluding hydrogens is 278 g/mol. The van der Waals surface area contributed by atoms with Crippen molar-refractivity contribution < 1.29 is 9.53 Å². The topological polar surface area (TPSA) is 54.5 Å². The summed E-state index contributed by atoms with van der Waals surface area (Å²) in [7, 11) is 3.79. The average Bonchev–Trinajstić information content (AvgIpc) is 2.95. The number of para-hydroxylation sites is 1. The summed E-state index contributed by atoms with van der Waals surface area (Å²) in [6.45, 7) is 0.493. The number of hydrogen-bond donors (Lipinski definition) is 1. The van der Waals surface area contributed by atoms with Gasteiger partial charge in [0.2, 0.25) is 0 Å². The molecule has 0 radical (unpaired) electrons. The fourth-order valence-electron chi connectivity index (χ4n) is 2.48. The Morgan fingerprint density at radius 2 is 2.18 bits per heavy atom. The highest BCUT2D eigenvalue weighted by molar-refractivity contribution is 5.94. The molecule has 0 spiro atoms. The third-order valence-corrected chi connectivity index (χ3v) is 3.67. The van der Waals surface area contributed by atoms with Crippen LogP contribution < -0.4 is 15.0 Å². The quantitative estimate of drug-likeness (QED) is 0.936. The van der Waals surface area contributed by atoms with E-state index in [9.17, 15) is 4.79 Å². The number of rotatable bonds is 4. The number of carbonyl (C=O) groups is 1. The SMILES string of the molecule is CN(C)c1cc(C(=O)NC[C@H]2Cc3ccccc3O2)ccn1. The van der Waals surface area contributed by atoms with Crippen molar-refractivity contribution >= 4 is 11.7 Å². The van der Waals surface area contributed by atoms with E-state index in [2.05, 4.69) is 16.4 Å².